The van der Waals surface area contributed by atoms with E-state index in [1.54, 1.807) is 6.92 Å². The molecule has 1 amide bonds. The van der Waals surface area contributed by atoms with Gasteiger partial charge in [-0.3, -0.25) is 4.79 Å². The summed E-state index contributed by atoms with van der Waals surface area (Å²) in [5.74, 6) is -1.36. The van der Waals surface area contributed by atoms with Crippen molar-refractivity contribution in [1.29, 1.82) is 0 Å². The van der Waals surface area contributed by atoms with Gasteiger partial charge >= 0.3 is 0 Å². The van der Waals surface area contributed by atoms with Crippen molar-refractivity contribution in [1.82, 2.24) is 10.0 Å². The second-order valence-electron chi connectivity index (χ2n) is 4.95. The second kappa shape index (κ2) is 7.34. The van der Waals surface area contributed by atoms with E-state index in [0.717, 1.165) is 17.7 Å². The van der Waals surface area contributed by atoms with Crippen LogP contribution in [0.15, 0.2) is 59.5 Å². The van der Waals surface area contributed by atoms with Crippen molar-refractivity contribution in [3.63, 3.8) is 0 Å². The molecule has 0 fully saturated rings. The summed E-state index contributed by atoms with van der Waals surface area (Å²) in [5.41, 5.74) is 0.901. The van der Waals surface area contributed by atoms with E-state index in [0.29, 0.717) is 0 Å². The Morgan fingerprint density at radius 2 is 1.70 bits per heavy atom. The Morgan fingerprint density at radius 3 is 2.35 bits per heavy atom. The van der Waals surface area contributed by atoms with E-state index in [9.17, 15) is 17.6 Å². The summed E-state index contributed by atoms with van der Waals surface area (Å²) in [6.07, 6.45) is 0. The second-order valence-corrected chi connectivity index (χ2v) is 6.69. The zero-order valence-corrected chi connectivity index (χ0v) is 13.3. The maximum atomic E-state index is 13.5. The lowest BCUT2D eigenvalue weighted by molar-refractivity contribution is -0.120. The SMILES string of the molecule is C[C@@H](NC(=O)CNS(=O)(=O)c1ccccc1F)c1ccccc1. The van der Waals surface area contributed by atoms with E-state index >= 15 is 0 Å². The third-order valence-corrected chi connectivity index (χ3v) is 4.66. The van der Waals surface area contributed by atoms with Gasteiger partial charge in [0.25, 0.3) is 0 Å². The van der Waals surface area contributed by atoms with Crippen LogP contribution >= 0.6 is 0 Å². The Bertz CT molecular complexity index is 779. The molecule has 122 valence electrons. The van der Waals surface area contributed by atoms with Crippen molar-refractivity contribution in [2.45, 2.75) is 17.9 Å². The van der Waals surface area contributed by atoms with Crippen LogP contribution in [0.4, 0.5) is 4.39 Å². The average Bonchev–Trinajstić information content (AvgIpc) is 2.54. The Morgan fingerprint density at radius 1 is 1.09 bits per heavy atom. The summed E-state index contributed by atoms with van der Waals surface area (Å²) in [4.78, 5) is 11.4. The topological polar surface area (TPSA) is 75.3 Å². The van der Waals surface area contributed by atoms with E-state index in [1.165, 1.54) is 12.1 Å². The minimum Gasteiger partial charge on any atom is -0.348 e. The summed E-state index contributed by atoms with van der Waals surface area (Å²) < 4.78 is 39.6. The summed E-state index contributed by atoms with van der Waals surface area (Å²) in [6, 6.07) is 14.0. The van der Waals surface area contributed by atoms with E-state index in [-0.39, 0.29) is 6.04 Å². The Labute approximate surface area is 134 Å². The molecule has 0 radical (unpaired) electrons. The molecule has 2 aromatic carbocycles. The molecule has 5 nitrogen and oxygen atoms in total. The normalized spacial score (nSPS) is 12.6. The van der Waals surface area contributed by atoms with Crippen LogP contribution in [0.1, 0.15) is 18.5 Å². The van der Waals surface area contributed by atoms with Gasteiger partial charge in [-0.2, -0.15) is 0 Å². The molecule has 0 saturated heterocycles. The molecule has 0 aliphatic carbocycles. The minimum absolute atomic E-state index is 0.262. The number of hydrogen-bond acceptors (Lipinski definition) is 3. The first-order valence-electron chi connectivity index (χ1n) is 6.98. The van der Waals surface area contributed by atoms with Crippen LogP contribution in [-0.2, 0) is 14.8 Å². The van der Waals surface area contributed by atoms with Gasteiger partial charge in [-0.15, -0.1) is 0 Å². The monoisotopic (exact) mass is 336 g/mol. The molecular weight excluding hydrogens is 319 g/mol. The first-order chi connectivity index (χ1) is 10.9. The lowest BCUT2D eigenvalue weighted by atomic mass is 10.1. The standard InChI is InChI=1S/C16H17FN2O3S/c1-12(13-7-3-2-4-8-13)19-16(20)11-18-23(21,22)15-10-6-5-9-14(15)17/h2-10,12,18H,11H2,1H3,(H,19,20)/t12-/m1/s1. The highest BCUT2D eigenvalue weighted by molar-refractivity contribution is 7.89. The summed E-state index contributed by atoms with van der Waals surface area (Å²) in [5, 5.41) is 2.68. The van der Waals surface area contributed by atoms with E-state index in [1.807, 2.05) is 30.3 Å². The molecule has 23 heavy (non-hydrogen) atoms. The Balaban J connectivity index is 1.95. The first kappa shape index (κ1) is 17.1. The van der Waals surface area contributed by atoms with Gasteiger partial charge < -0.3 is 5.32 Å². The highest BCUT2D eigenvalue weighted by Crippen LogP contribution is 2.13. The fraction of sp³-hybridized carbons (Fsp3) is 0.188. The fourth-order valence-corrected chi connectivity index (χ4v) is 3.08. The van der Waals surface area contributed by atoms with Gasteiger partial charge in [-0.05, 0) is 24.6 Å². The molecule has 0 aliphatic heterocycles. The number of sulfonamides is 1. The predicted octanol–water partition coefficient (Wildman–Crippen LogP) is 1.98. The minimum atomic E-state index is -4.07. The number of halogens is 1. The number of carbonyl (C=O) groups excluding carboxylic acids is 1. The van der Waals surface area contributed by atoms with Crippen LogP contribution < -0.4 is 10.0 Å². The van der Waals surface area contributed by atoms with Crippen molar-refractivity contribution < 1.29 is 17.6 Å². The number of hydrogen-bond donors (Lipinski definition) is 2. The van der Waals surface area contributed by atoms with Gasteiger partial charge in [-0.1, -0.05) is 42.5 Å². The number of amides is 1. The van der Waals surface area contributed by atoms with Crippen molar-refractivity contribution >= 4 is 15.9 Å². The molecule has 7 heteroatoms. The third-order valence-electron chi connectivity index (χ3n) is 3.23. The molecule has 1 atom stereocenters. The molecule has 0 heterocycles. The molecule has 0 bridgehead atoms. The molecule has 0 unspecified atom stereocenters. The smallest absolute Gasteiger partial charge is 0.243 e. The lowest BCUT2D eigenvalue weighted by Gasteiger charge is -2.14. The Hall–Kier alpha value is -2.25. The zero-order valence-electron chi connectivity index (χ0n) is 12.5. The summed E-state index contributed by atoms with van der Waals surface area (Å²) in [7, 11) is -4.07. The maximum absolute atomic E-state index is 13.5. The van der Waals surface area contributed by atoms with Crippen molar-refractivity contribution in [3.05, 3.63) is 66.0 Å². The fourth-order valence-electron chi connectivity index (χ4n) is 2.02. The van der Waals surface area contributed by atoms with Crippen LogP contribution in [0.5, 0.6) is 0 Å². The molecule has 0 saturated carbocycles. The molecule has 2 N–H and O–H groups in total. The quantitative estimate of drug-likeness (QED) is 0.847. The van der Waals surface area contributed by atoms with Crippen LogP contribution in [0.25, 0.3) is 0 Å². The van der Waals surface area contributed by atoms with Gasteiger partial charge in [-0.25, -0.2) is 17.5 Å². The number of benzene rings is 2. The van der Waals surface area contributed by atoms with Gasteiger partial charge in [0.2, 0.25) is 15.9 Å². The van der Waals surface area contributed by atoms with E-state index in [2.05, 4.69) is 10.0 Å². The molecule has 0 spiro atoms. The number of carbonyl (C=O) groups is 1. The van der Waals surface area contributed by atoms with Gasteiger partial charge in [0.15, 0.2) is 0 Å². The van der Waals surface area contributed by atoms with Crippen molar-refractivity contribution in [2.24, 2.45) is 0 Å². The van der Waals surface area contributed by atoms with E-state index < -0.39 is 33.2 Å². The van der Waals surface area contributed by atoms with E-state index in [4.69, 9.17) is 0 Å². The first-order valence-corrected chi connectivity index (χ1v) is 8.47. The zero-order chi connectivity index (χ0) is 16.9. The summed E-state index contributed by atoms with van der Waals surface area (Å²) >= 11 is 0. The van der Waals surface area contributed by atoms with Crippen LogP contribution in [0.2, 0.25) is 0 Å². The predicted molar refractivity (Wildman–Crippen MR) is 84.6 cm³/mol. The third kappa shape index (κ3) is 4.61. The summed E-state index contributed by atoms with van der Waals surface area (Å²) in [6.45, 7) is 1.33. The lowest BCUT2D eigenvalue weighted by Crippen LogP contribution is -2.38. The highest BCUT2D eigenvalue weighted by Gasteiger charge is 2.19. The molecule has 2 aromatic rings. The maximum Gasteiger partial charge on any atom is 0.243 e. The van der Waals surface area contributed by atoms with Crippen LogP contribution in [0, 0.1) is 5.82 Å². The molecule has 0 aliphatic rings. The average molecular weight is 336 g/mol. The van der Waals surface area contributed by atoms with Gasteiger partial charge in [0, 0.05) is 0 Å². The molecular formula is C16H17FN2O3S. The van der Waals surface area contributed by atoms with Gasteiger partial charge in [0.05, 0.1) is 12.6 Å². The molecule has 0 aromatic heterocycles. The number of rotatable bonds is 6. The van der Waals surface area contributed by atoms with Gasteiger partial charge in [0.1, 0.15) is 10.7 Å². The number of nitrogens with one attached hydrogen (secondary N) is 2. The largest absolute Gasteiger partial charge is 0.348 e. The highest BCUT2D eigenvalue weighted by atomic mass is 32.2. The van der Waals surface area contributed by atoms with Crippen LogP contribution in [0.3, 0.4) is 0 Å². The Kier molecular flexibility index (Phi) is 5.46. The van der Waals surface area contributed by atoms with Crippen LogP contribution in [-0.4, -0.2) is 20.9 Å². The van der Waals surface area contributed by atoms with Crippen molar-refractivity contribution in [3.8, 4) is 0 Å². The van der Waals surface area contributed by atoms with Crippen molar-refractivity contribution in [2.75, 3.05) is 6.54 Å². The molecule has 2 rings (SSSR count).